The molecule has 2 heteroatoms. The molecule has 0 bridgehead atoms. The lowest BCUT2D eigenvalue weighted by Crippen LogP contribution is -2.45. The molecule has 16 heavy (non-hydrogen) atoms. The van der Waals surface area contributed by atoms with Crippen molar-refractivity contribution in [3.63, 3.8) is 0 Å². The van der Waals surface area contributed by atoms with Crippen LogP contribution >= 0.6 is 0 Å². The average molecular weight is 225 g/mol. The molecule has 2 nitrogen and oxygen atoms in total. The summed E-state index contributed by atoms with van der Waals surface area (Å²) in [6.07, 6.45) is 5.38. The van der Waals surface area contributed by atoms with Gasteiger partial charge in [-0.05, 0) is 37.0 Å². The SMILES string of the molecule is CCCC(=O)NC1CC(C)CCC1C(C)C. The van der Waals surface area contributed by atoms with Crippen molar-refractivity contribution in [2.75, 3.05) is 0 Å². The zero-order valence-electron chi connectivity index (χ0n) is 11.3. The summed E-state index contributed by atoms with van der Waals surface area (Å²) < 4.78 is 0. The first-order chi connectivity index (χ1) is 7.54. The molecule has 3 atom stereocenters. The van der Waals surface area contributed by atoms with Crippen LogP contribution in [0.5, 0.6) is 0 Å². The van der Waals surface area contributed by atoms with Gasteiger partial charge in [-0.2, -0.15) is 0 Å². The smallest absolute Gasteiger partial charge is 0.220 e. The highest BCUT2D eigenvalue weighted by Gasteiger charge is 2.31. The molecule has 1 fully saturated rings. The molecule has 0 spiro atoms. The summed E-state index contributed by atoms with van der Waals surface area (Å²) in [4.78, 5) is 11.7. The molecule has 0 saturated heterocycles. The summed E-state index contributed by atoms with van der Waals surface area (Å²) in [6.45, 7) is 8.91. The molecule has 3 unspecified atom stereocenters. The number of rotatable bonds is 4. The fraction of sp³-hybridized carbons (Fsp3) is 0.929. The Morgan fingerprint density at radius 3 is 2.62 bits per heavy atom. The fourth-order valence-electron chi connectivity index (χ4n) is 2.87. The molecule has 0 radical (unpaired) electrons. The van der Waals surface area contributed by atoms with E-state index in [0.29, 0.717) is 24.3 Å². The van der Waals surface area contributed by atoms with E-state index < -0.39 is 0 Å². The van der Waals surface area contributed by atoms with E-state index in [0.717, 1.165) is 18.8 Å². The van der Waals surface area contributed by atoms with E-state index in [2.05, 4.69) is 33.0 Å². The van der Waals surface area contributed by atoms with Crippen molar-refractivity contribution in [3.05, 3.63) is 0 Å². The molecule has 1 N–H and O–H groups in total. The van der Waals surface area contributed by atoms with E-state index in [4.69, 9.17) is 0 Å². The van der Waals surface area contributed by atoms with E-state index in [1.165, 1.54) is 12.8 Å². The van der Waals surface area contributed by atoms with Gasteiger partial charge in [0, 0.05) is 12.5 Å². The Morgan fingerprint density at radius 2 is 2.06 bits per heavy atom. The predicted molar refractivity (Wildman–Crippen MR) is 68.2 cm³/mol. The van der Waals surface area contributed by atoms with Crippen LogP contribution in [0.2, 0.25) is 0 Å². The van der Waals surface area contributed by atoms with E-state index in [1.807, 2.05) is 0 Å². The lowest BCUT2D eigenvalue weighted by molar-refractivity contribution is -0.122. The van der Waals surface area contributed by atoms with E-state index >= 15 is 0 Å². The predicted octanol–water partition coefficient (Wildman–Crippen LogP) is 3.36. The van der Waals surface area contributed by atoms with Crippen LogP contribution in [-0.2, 0) is 4.79 Å². The second kappa shape index (κ2) is 6.27. The van der Waals surface area contributed by atoms with Crippen LogP contribution in [0.4, 0.5) is 0 Å². The maximum atomic E-state index is 11.7. The molecular formula is C14H27NO. The maximum Gasteiger partial charge on any atom is 0.220 e. The number of nitrogens with one attached hydrogen (secondary N) is 1. The fourth-order valence-corrected chi connectivity index (χ4v) is 2.87. The molecule has 1 aliphatic carbocycles. The van der Waals surface area contributed by atoms with Crippen molar-refractivity contribution in [2.24, 2.45) is 17.8 Å². The van der Waals surface area contributed by atoms with Gasteiger partial charge in [-0.15, -0.1) is 0 Å². The Morgan fingerprint density at radius 1 is 1.38 bits per heavy atom. The van der Waals surface area contributed by atoms with Gasteiger partial charge in [0.1, 0.15) is 0 Å². The highest BCUT2D eigenvalue weighted by atomic mass is 16.1. The van der Waals surface area contributed by atoms with Gasteiger partial charge in [-0.3, -0.25) is 4.79 Å². The molecule has 0 aliphatic heterocycles. The quantitative estimate of drug-likeness (QED) is 0.781. The summed E-state index contributed by atoms with van der Waals surface area (Å²) in [5, 5.41) is 3.24. The van der Waals surface area contributed by atoms with Gasteiger partial charge in [0.2, 0.25) is 5.91 Å². The van der Waals surface area contributed by atoms with Crippen LogP contribution in [0.15, 0.2) is 0 Å². The molecule has 0 aromatic heterocycles. The Bertz CT molecular complexity index is 225. The topological polar surface area (TPSA) is 29.1 Å². The standard InChI is InChI=1S/C14H27NO/c1-5-6-14(16)15-13-9-11(4)7-8-12(13)10(2)3/h10-13H,5-9H2,1-4H3,(H,15,16). The third kappa shape index (κ3) is 3.80. The van der Waals surface area contributed by atoms with Gasteiger partial charge in [-0.25, -0.2) is 0 Å². The van der Waals surface area contributed by atoms with Crippen LogP contribution in [0.1, 0.15) is 59.8 Å². The minimum absolute atomic E-state index is 0.243. The van der Waals surface area contributed by atoms with Gasteiger partial charge in [-0.1, -0.05) is 34.1 Å². The minimum atomic E-state index is 0.243. The van der Waals surface area contributed by atoms with Crippen molar-refractivity contribution in [2.45, 2.75) is 65.8 Å². The Labute approximate surface area is 100 Å². The summed E-state index contributed by atoms with van der Waals surface area (Å²) in [6, 6.07) is 0.419. The lowest BCUT2D eigenvalue weighted by Gasteiger charge is -2.37. The largest absolute Gasteiger partial charge is 0.353 e. The molecule has 1 amide bonds. The molecule has 1 saturated carbocycles. The second-order valence-electron chi connectivity index (χ2n) is 5.75. The molecule has 0 aromatic rings. The number of hydrogen-bond acceptors (Lipinski definition) is 1. The van der Waals surface area contributed by atoms with Crippen LogP contribution in [0.25, 0.3) is 0 Å². The number of carbonyl (C=O) groups excluding carboxylic acids is 1. The summed E-state index contributed by atoms with van der Waals surface area (Å²) in [7, 11) is 0. The summed E-state index contributed by atoms with van der Waals surface area (Å²) in [5.41, 5.74) is 0. The van der Waals surface area contributed by atoms with Crippen LogP contribution < -0.4 is 5.32 Å². The third-order valence-electron chi connectivity index (χ3n) is 3.85. The highest BCUT2D eigenvalue weighted by molar-refractivity contribution is 5.76. The van der Waals surface area contributed by atoms with E-state index in [9.17, 15) is 4.79 Å². The van der Waals surface area contributed by atoms with Gasteiger partial charge >= 0.3 is 0 Å². The highest BCUT2D eigenvalue weighted by Crippen LogP contribution is 2.33. The number of hydrogen-bond donors (Lipinski definition) is 1. The monoisotopic (exact) mass is 225 g/mol. The molecular weight excluding hydrogens is 198 g/mol. The average Bonchev–Trinajstić information content (AvgIpc) is 2.17. The van der Waals surface area contributed by atoms with Gasteiger partial charge in [0.25, 0.3) is 0 Å². The summed E-state index contributed by atoms with van der Waals surface area (Å²) in [5.74, 6) is 2.37. The van der Waals surface area contributed by atoms with Crippen LogP contribution in [-0.4, -0.2) is 11.9 Å². The van der Waals surface area contributed by atoms with E-state index in [-0.39, 0.29) is 5.91 Å². The van der Waals surface area contributed by atoms with E-state index in [1.54, 1.807) is 0 Å². The Balaban J connectivity index is 2.54. The first-order valence-electron chi connectivity index (χ1n) is 6.84. The molecule has 0 aromatic carbocycles. The second-order valence-corrected chi connectivity index (χ2v) is 5.75. The van der Waals surface area contributed by atoms with Crippen LogP contribution in [0, 0.1) is 17.8 Å². The first kappa shape index (κ1) is 13.5. The Hall–Kier alpha value is -0.530. The van der Waals surface area contributed by atoms with Crippen molar-refractivity contribution < 1.29 is 4.79 Å². The minimum Gasteiger partial charge on any atom is -0.353 e. The molecule has 94 valence electrons. The van der Waals surface area contributed by atoms with Gasteiger partial charge < -0.3 is 5.32 Å². The maximum absolute atomic E-state index is 11.7. The zero-order valence-corrected chi connectivity index (χ0v) is 11.3. The van der Waals surface area contributed by atoms with Crippen molar-refractivity contribution in [1.82, 2.24) is 5.32 Å². The molecule has 1 aliphatic rings. The summed E-state index contributed by atoms with van der Waals surface area (Å²) >= 11 is 0. The molecule has 0 heterocycles. The number of carbonyl (C=O) groups is 1. The lowest BCUT2D eigenvalue weighted by atomic mass is 9.74. The number of amides is 1. The van der Waals surface area contributed by atoms with Crippen molar-refractivity contribution in [3.8, 4) is 0 Å². The van der Waals surface area contributed by atoms with Gasteiger partial charge in [0.15, 0.2) is 0 Å². The zero-order chi connectivity index (χ0) is 12.1. The first-order valence-corrected chi connectivity index (χ1v) is 6.84. The normalized spacial score (nSPS) is 30.4. The third-order valence-corrected chi connectivity index (χ3v) is 3.85. The van der Waals surface area contributed by atoms with Crippen molar-refractivity contribution >= 4 is 5.91 Å². The van der Waals surface area contributed by atoms with Crippen molar-refractivity contribution in [1.29, 1.82) is 0 Å². The van der Waals surface area contributed by atoms with Crippen LogP contribution in [0.3, 0.4) is 0 Å². The molecule has 1 rings (SSSR count). The van der Waals surface area contributed by atoms with Gasteiger partial charge in [0.05, 0.1) is 0 Å². The Kier molecular flexibility index (Phi) is 5.30.